The molecule has 4 nitrogen and oxygen atoms in total. The first-order valence-electron chi connectivity index (χ1n) is 13.5. The molecule has 0 bridgehead atoms. The fourth-order valence-corrected chi connectivity index (χ4v) is 9.39. The summed E-state index contributed by atoms with van der Waals surface area (Å²) in [6.07, 6.45) is 9.61. The first-order valence-corrected chi connectivity index (χ1v) is 13.5. The van der Waals surface area contributed by atoms with Crippen molar-refractivity contribution in [3.05, 3.63) is 0 Å². The highest BCUT2D eigenvalue weighted by Gasteiger charge is 2.65. The molecule has 0 aromatic heterocycles. The number of ether oxygens (including phenoxy) is 1. The number of aliphatic hydroxyl groups excluding tert-OH is 1. The van der Waals surface area contributed by atoms with Gasteiger partial charge in [-0.1, -0.05) is 27.7 Å². The first-order chi connectivity index (χ1) is 15.2. The number of fused-ring (bicyclic) bond motifs is 5. The van der Waals surface area contributed by atoms with E-state index in [2.05, 4.69) is 27.7 Å². The molecular weight excluding hydrogens is 400 g/mol. The molecule has 0 aromatic carbocycles. The van der Waals surface area contributed by atoms with Crippen LogP contribution in [0.15, 0.2) is 0 Å². The third-order valence-corrected chi connectivity index (χ3v) is 11.0. The summed E-state index contributed by atoms with van der Waals surface area (Å²) in [4.78, 5) is 25.9. The van der Waals surface area contributed by atoms with Crippen molar-refractivity contribution in [1.82, 2.24) is 0 Å². The van der Waals surface area contributed by atoms with Crippen molar-refractivity contribution in [1.29, 1.82) is 0 Å². The Hall–Kier alpha value is -0.900. The maximum Gasteiger partial charge on any atom is 0.305 e. The van der Waals surface area contributed by atoms with Gasteiger partial charge in [0.15, 0.2) is 0 Å². The van der Waals surface area contributed by atoms with Gasteiger partial charge in [-0.25, -0.2) is 0 Å². The molecule has 182 valence electrons. The molecule has 4 aliphatic rings. The van der Waals surface area contributed by atoms with Gasteiger partial charge >= 0.3 is 5.97 Å². The topological polar surface area (TPSA) is 63.6 Å². The van der Waals surface area contributed by atoms with Crippen LogP contribution in [-0.2, 0) is 14.3 Å². The van der Waals surface area contributed by atoms with Crippen LogP contribution in [0.1, 0.15) is 98.8 Å². The highest BCUT2D eigenvalue weighted by molar-refractivity contribution is 5.86. The fourth-order valence-electron chi connectivity index (χ4n) is 9.39. The number of carbonyl (C=O) groups excluding carboxylic acids is 2. The molecule has 0 aromatic rings. The molecule has 4 fully saturated rings. The molecule has 4 aliphatic carbocycles. The van der Waals surface area contributed by atoms with Crippen molar-refractivity contribution in [3.63, 3.8) is 0 Å². The number of hydrogen-bond acceptors (Lipinski definition) is 4. The quantitative estimate of drug-likeness (QED) is 0.524. The van der Waals surface area contributed by atoms with Crippen molar-refractivity contribution < 1.29 is 19.4 Å². The monoisotopic (exact) mass is 446 g/mol. The Kier molecular flexibility index (Phi) is 6.85. The van der Waals surface area contributed by atoms with Crippen LogP contribution < -0.4 is 0 Å². The second-order valence-corrected chi connectivity index (χ2v) is 12.2. The maximum atomic E-state index is 14.0. The molecule has 4 heteroatoms. The number of ketones is 1. The minimum Gasteiger partial charge on any atom is -0.466 e. The van der Waals surface area contributed by atoms with Gasteiger partial charge in [-0.15, -0.1) is 0 Å². The van der Waals surface area contributed by atoms with E-state index in [9.17, 15) is 14.7 Å². The Morgan fingerprint density at radius 1 is 1.06 bits per heavy atom. The van der Waals surface area contributed by atoms with Crippen molar-refractivity contribution in [3.8, 4) is 0 Å². The maximum absolute atomic E-state index is 14.0. The number of esters is 1. The average molecular weight is 447 g/mol. The van der Waals surface area contributed by atoms with Gasteiger partial charge in [-0.2, -0.15) is 0 Å². The highest BCUT2D eigenvalue weighted by atomic mass is 16.5. The van der Waals surface area contributed by atoms with E-state index in [1.54, 1.807) is 0 Å². The van der Waals surface area contributed by atoms with Crippen LogP contribution in [-0.4, -0.2) is 29.6 Å². The summed E-state index contributed by atoms with van der Waals surface area (Å²) in [5.41, 5.74) is 0.411. The summed E-state index contributed by atoms with van der Waals surface area (Å²) >= 11 is 0. The lowest BCUT2D eigenvalue weighted by Gasteiger charge is -2.62. The lowest BCUT2D eigenvalue weighted by atomic mass is 9.42. The average Bonchev–Trinajstić information content (AvgIpc) is 3.11. The van der Waals surface area contributed by atoms with Crippen LogP contribution >= 0.6 is 0 Å². The third kappa shape index (κ3) is 3.77. The molecule has 0 spiro atoms. The van der Waals surface area contributed by atoms with Gasteiger partial charge in [0.1, 0.15) is 5.78 Å². The fraction of sp³-hybridized carbons (Fsp3) is 0.929. The van der Waals surface area contributed by atoms with Crippen molar-refractivity contribution in [2.45, 2.75) is 105 Å². The molecule has 4 saturated carbocycles. The van der Waals surface area contributed by atoms with E-state index in [0.717, 1.165) is 44.9 Å². The zero-order chi connectivity index (χ0) is 23.3. The number of hydrogen-bond donors (Lipinski definition) is 1. The number of carbonyl (C=O) groups is 2. The minimum atomic E-state index is -0.226. The summed E-state index contributed by atoms with van der Waals surface area (Å²) in [5.74, 6) is 3.20. The summed E-state index contributed by atoms with van der Waals surface area (Å²) in [6.45, 7) is 11.8. The van der Waals surface area contributed by atoms with Gasteiger partial charge in [0.2, 0.25) is 0 Å². The molecule has 4 unspecified atom stereocenters. The zero-order valence-electron chi connectivity index (χ0n) is 21.1. The van der Waals surface area contributed by atoms with Gasteiger partial charge in [0.05, 0.1) is 12.7 Å². The Labute approximate surface area is 195 Å². The van der Waals surface area contributed by atoms with Crippen LogP contribution in [0.25, 0.3) is 0 Å². The molecule has 10 atom stereocenters. The SMILES string of the molecule is CCOC(=O)CC[C@@H](C)[C@H]1CCC2C3C(=O)[C@H](CC)C4C[C@H](O)CC[C@]4(C)C3CC[C@@]21C. The standard InChI is InChI=1S/C28H46O4/c1-6-19-23-16-18(29)12-14-28(23,5)22-13-15-27(4)20(9-10-21(27)25(22)26(19)31)17(3)8-11-24(30)32-7-2/h17-23,25,29H,6-16H2,1-5H3/t17-,18-,19-,20-,21?,22?,23?,25?,27-,28-/m1/s1. The van der Waals surface area contributed by atoms with Gasteiger partial charge < -0.3 is 9.84 Å². The van der Waals surface area contributed by atoms with E-state index in [-0.39, 0.29) is 34.7 Å². The summed E-state index contributed by atoms with van der Waals surface area (Å²) in [5, 5.41) is 10.4. The van der Waals surface area contributed by atoms with Crippen LogP contribution in [0.3, 0.4) is 0 Å². The van der Waals surface area contributed by atoms with Crippen LogP contribution in [0.2, 0.25) is 0 Å². The van der Waals surface area contributed by atoms with Gasteiger partial charge in [0, 0.05) is 18.3 Å². The van der Waals surface area contributed by atoms with Gasteiger partial charge in [-0.3, -0.25) is 9.59 Å². The summed E-state index contributed by atoms with van der Waals surface area (Å²) in [6, 6.07) is 0. The summed E-state index contributed by atoms with van der Waals surface area (Å²) < 4.78 is 5.16. The third-order valence-electron chi connectivity index (χ3n) is 11.0. The Morgan fingerprint density at radius 2 is 1.75 bits per heavy atom. The van der Waals surface area contributed by atoms with Gasteiger partial charge in [-0.05, 0) is 105 Å². The molecule has 1 N–H and O–H groups in total. The molecule has 0 aliphatic heterocycles. The minimum absolute atomic E-state index is 0.0746. The molecule has 32 heavy (non-hydrogen) atoms. The Bertz CT molecular complexity index is 718. The van der Waals surface area contributed by atoms with Crippen LogP contribution in [0, 0.1) is 52.3 Å². The summed E-state index contributed by atoms with van der Waals surface area (Å²) in [7, 11) is 0. The van der Waals surface area contributed by atoms with E-state index in [0.29, 0.717) is 48.4 Å². The Balaban J connectivity index is 1.56. The van der Waals surface area contributed by atoms with E-state index < -0.39 is 0 Å². The van der Waals surface area contributed by atoms with E-state index in [1.165, 1.54) is 12.8 Å². The molecule has 0 saturated heterocycles. The number of aliphatic hydroxyl groups is 1. The highest BCUT2D eigenvalue weighted by Crippen LogP contribution is 2.68. The van der Waals surface area contributed by atoms with Crippen molar-refractivity contribution >= 4 is 11.8 Å². The van der Waals surface area contributed by atoms with E-state index in [1.807, 2.05) is 6.92 Å². The predicted molar refractivity (Wildman–Crippen MR) is 126 cm³/mol. The van der Waals surface area contributed by atoms with E-state index in [4.69, 9.17) is 4.74 Å². The second-order valence-electron chi connectivity index (χ2n) is 12.2. The predicted octanol–water partition coefficient (Wildman–Crippen LogP) is 5.80. The molecule has 4 rings (SSSR count). The second kappa shape index (κ2) is 9.04. The lowest BCUT2D eigenvalue weighted by molar-refractivity contribution is -0.173. The normalized spacial score (nSPS) is 46.7. The van der Waals surface area contributed by atoms with Crippen LogP contribution in [0.4, 0.5) is 0 Å². The van der Waals surface area contributed by atoms with E-state index >= 15 is 0 Å². The van der Waals surface area contributed by atoms with Crippen LogP contribution in [0.5, 0.6) is 0 Å². The molecule has 0 radical (unpaired) electrons. The number of Topliss-reactive ketones (excluding diaryl/α,β-unsaturated/α-hetero) is 1. The number of rotatable bonds is 6. The zero-order valence-corrected chi connectivity index (χ0v) is 21.1. The van der Waals surface area contributed by atoms with Crippen molar-refractivity contribution in [2.75, 3.05) is 6.61 Å². The smallest absolute Gasteiger partial charge is 0.305 e. The first kappa shape index (κ1) is 24.2. The van der Waals surface area contributed by atoms with Crippen molar-refractivity contribution in [2.24, 2.45) is 52.3 Å². The largest absolute Gasteiger partial charge is 0.466 e. The van der Waals surface area contributed by atoms with Gasteiger partial charge in [0.25, 0.3) is 0 Å². The lowest BCUT2D eigenvalue weighted by Crippen LogP contribution is -2.60. The molecule has 0 amide bonds. The molecule has 0 heterocycles. The molecular formula is C28H46O4. The Morgan fingerprint density at radius 3 is 2.44 bits per heavy atom.